The molecule has 0 aromatic heterocycles. The third-order valence-corrected chi connectivity index (χ3v) is 2.75. The quantitative estimate of drug-likeness (QED) is 0.567. The van der Waals surface area contributed by atoms with Gasteiger partial charge in [-0.15, -0.1) is 0 Å². The molecule has 0 saturated heterocycles. The normalized spacial score (nSPS) is 10.2. The first kappa shape index (κ1) is 13.1. The van der Waals surface area contributed by atoms with Gasteiger partial charge in [0.25, 0.3) is 0 Å². The van der Waals surface area contributed by atoms with Crippen LogP contribution in [0.4, 0.5) is 0 Å². The first-order chi connectivity index (χ1) is 9.20. The molecule has 0 aliphatic carbocycles. The monoisotopic (exact) mass is 256 g/mol. The number of nitrogens with two attached hydrogens (primary N) is 1. The number of nitrogen functional groups attached to an aromatic ring is 1. The van der Waals surface area contributed by atoms with Crippen molar-refractivity contribution in [2.45, 2.75) is 6.42 Å². The summed E-state index contributed by atoms with van der Waals surface area (Å²) >= 11 is 0. The molecule has 0 fully saturated rings. The van der Waals surface area contributed by atoms with Crippen molar-refractivity contribution in [1.82, 2.24) is 0 Å². The third-order valence-electron chi connectivity index (χ3n) is 2.75. The summed E-state index contributed by atoms with van der Waals surface area (Å²) in [4.78, 5) is 0. The van der Waals surface area contributed by atoms with Gasteiger partial charge in [0.1, 0.15) is 17.3 Å². The summed E-state index contributed by atoms with van der Waals surface area (Å²) in [6, 6.07) is 14.6. The Bertz CT molecular complexity index is 565. The Morgan fingerprint density at radius 3 is 2.42 bits per heavy atom. The van der Waals surface area contributed by atoms with Gasteiger partial charge in [-0.05, 0) is 42.3 Å². The van der Waals surface area contributed by atoms with Crippen LogP contribution in [0.25, 0.3) is 0 Å². The SMILES string of the molecule is N=C(N)c1ccc(Oc2ccccc2CCO)cc1. The van der Waals surface area contributed by atoms with Crippen LogP contribution in [0.15, 0.2) is 48.5 Å². The van der Waals surface area contributed by atoms with Gasteiger partial charge in [-0.25, -0.2) is 0 Å². The van der Waals surface area contributed by atoms with Crippen molar-refractivity contribution in [3.05, 3.63) is 59.7 Å². The van der Waals surface area contributed by atoms with Crippen molar-refractivity contribution >= 4 is 5.84 Å². The van der Waals surface area contributed by atoms with Gasteiger partial charge in [-0.1, -0.05) is 18.2 Å². The molecule has 0 radical (unpaired) electrons. The zero-order valence-electron chi connectivity index (χ0n) is 10.5. The number of benzene rings is 2. The second kappa shape index (κ2) is 6.02. The molecule has 4 N–H and O–H groups in total. The van der Waals surface area contributed by atoms with E-state index in [-0.39, 0.29) is 12.4 Å². The van der Waals surface area contributed by atoms with E-state index in [2.05, 4.69) is 0 Å². The van der Waals surface area contributed by atoms with Crippen LogP contribution in [-0.4, -0.2) is 17.5 Å². The van der Waals surface area contributed by atoms with Crippen LogP contribution >= 0.6 is 0 Å². The van der Waals surface area contributed by atoms with E-state index in [9.17, 15) is 0 Å². The number of nitrogens with one attached hydrogen (secondary N) is 1. The van der Waals surface area contributed by atoms with Gasteiger partial charge in [0.2, 0.25) is 0 Å². The average molecular weight is 256 g/mol. The first-order valence-corrected chi connectivity index (χ1v) is 6.02. The number of hydrogen-bond donors (Lipinski definition) is 3. The molecule has 4 nitrogen and oxygen atoms in total. The molecule has 0 spiro atoms. The molecular formula is C15H16N2O2. The molecule has 2 rings (SSSR count). The second-order valence-electron chi connectivity index (χ2n) is 4.12. The lowest BCUT2D eigenvalue weighted by atomic mass is 10.1. The number of rotatable bonds is 5. The molecule has 19 heavy (non-hydrogen) atoms. The summed E-state index contributed by atoms with van der Waals surface area (Å²) in [6.45, 7) is 0.0870. The largest absolute Gasteiger partial charge is 0.457 e. The van der Waals surface area contributed by atoms with Crippen molar-refractivity contribution in [2.75, 3.05) is 6.61 Å². The van der Waals surface area contributed by atoms with E-state index >= 15 is 0 Å². The second-order valence-corrected chi connectivity index (χ2v) is 4.12. The van der Waals surface area contributed by atoms with Crippen molar-refractivity contribution in [3.8, 4) is 11.5 Å². The van der Waals surface area contributed by atoms with Crippen molar-refractivity contribution in [1.29, 1.82) is 5.41 Å². The van der Waals surface area contributed by atoms with Gasteiger partial charge in [0.05, 0.1) is 0 Å². The molecule has 98 valence electrons. The zero-order chi connectivity index (χ0) is 13.7. The van der Waals surface area contributed by atoms with E-state index in [1.54, 1.807) is 24.3 Å². The minimum atomic E-state index is 0.0345. The van der Waals surface area contributed by atoms with Crippen molar-refractivity contribution in [3.63, 3.8) is 0 Å². The van der Waals surface area contributed by atoms with Crippen LogP contribution in [0, 0.1) is 5.41 Å². The number of hydrogen-bond acceptors (Lipinski definition) is 3. The predicted molar refractivity (Wildman–Crippen MR) is 74.8 cm³/mol. The highest BCUT2D eigenvalue weighted by Gasteiger charge is 2.04. The van der Waals surface area contributed by atoms with Crippen molar-refractivity contribution in [2.24, 2.45) is 5.73 Å². The Balaban J connectivity index is 2.19. The Kier molecular flexibility index (Phi) is 4.15. The van der Waals surface area contributed by atoms with Gasteiger partial charge in [-0.3, -0.25) is 5.41 Å². The standard InChI is InChI=1S/C15H16N2O2/c16-15(17)12-5-7-13(8-6-12)19-14-4-2-1-3-11(14)9-10-18/h1-8,18H,9-10H2,(H3,16,17). The molecule has 4 heteroatoms. The van der Waals surface area contributed by atoms with Crippen LogP contribution < -0.4 is 10.5 Å². The highest BCUT2D eigenvalue weighted by Crippen LogP contribution is 2.25. The van der Waals surface area contributed by atoms with Gasteiger partial charge < -0.3 is 15.6 Å². The highest BCUT2D eigenvalue weighted by atomic mass is 16.5. The Hall–Kier alpha value is -2.33. The summed E-state index contributed by atoms with van der Waals surface area (Å²) < 4.78 is 5.77. The summed E-state index contributed by atoms with van der Waals surface area (Å²) in [5, 5.41) is 16.3. The fourth-order valence-electron chi connectivity index (χ4n) is 1.76. The van der Waals surface area contributed by atoms with Crippen LogP contribution in [0.5, 0.6) is 11.5 Å². The van der Waals surface area contributed by atoms with Crippen LogP contribution in [0.2, 0.25) is 0 Å². The molecular weight excluding hydrogens is 240 g/mol. The van der Waals surface area contributed by atoms with Crippen molar-refractivity contribution < 1.29 is 9.84 Å². The fourth-order valence-corrected chi connectivity index (χ4v) is 1.76. The number of aliphatic hydroxyl groups excluding tert-OH is 1. The van der Waals surface area contributed by atoms with E-state index in [1.165, 1.54) is 0 Å². The van der Waals surface area contributed by atoms with E-state index in [0.717, 1.165) is 11.3 Å². The first-order valence-electron chi connectivity index (χ1n) is 6.02. The van der Waals surface area contributed by atoms with Gasteiger partial charge in [0.15, 0.2) is 0 Å². The summed E-state index contributed by atoms with van der Waals surface area (Å²) in [5.74, 6) is 1.44. The smallest absolute Gasteiger partial charge is 0.130 e. The van der Waals surface area contributed by atoms with Gasteiger partial charge >= 0.3 is 0 Å². The molecule has 0 amide bonds. The molecule has 0 atom stereocenters. The predicted octanol–water partition coefficient (Wildman–Crippen LogP) is 2.30. The van der Waals surface area contributed by atoms with Gasteiger partial charge in [-0.2, -0.15) is 0 Å². The molecule has 2 aromatic carbocycles. The Morgan fingerprint density at radius 1 is 1.11 bits per heavy atom. The third kappa shape index (κ3) is 3.33. The molecule has 0 heterocycles. The van der Waals surface area contributed by atoms with Crippen LogP contribution in [0.3, 0.4) is 0 Å². The van der Waals surface area contributed by atoms with E-state index in [4.69, 9.17) is 21.0 Å². The number of amidine groups is 1. The number of para-hydroxylation sites is 1. The minimum absolute atomic E-state index is 0.0345. The molecule has 0 aliphatic heterocycles. The maximum Gasteiger partial charge on any atom is 0.130 e. The van der Waals surface area contributed by atoms with Crippen LogP contribution in [-0.2, 0) is 6.42 Å². The summed E-state index contributed by atoms with van der Waals surface area (Å²) in [5.41, 5.74) is 7.02. The average Bonchev–Trinajstić information content (AvgIpc) is 2.42. The fraction of sp³-hybridized carbons (Fsp3) is 0.133. The summed E-state index contributed by atoms with van der Waals surface area (Å²) in [7, 11) is 0. The van der Waals surface area contributed by atoms with Crippen LogP contribution in [0.1, 0.15) is 11.1 Å². The lowest BCUT2D eigenvalue weighted by molar-refractivity contribution is 0.298. The van der Waals surface area contributed by atoms with E-state index in [0.29, 0.717) is 17.7 Å². The maximum atomic E-state index is 9.01. The van der Waals surface area contributed by atoms with E-state index < -0.39 is 0 Å². The molecule has 0 aliphatic rings. The topological polar surface area (TPSA) is 79.3 Å². The number of ether oxygens (including phenoxy) is 1. The van der Waals surface area contributed by atoms with Gasteiger partial charge in [0, 0.05) is 12.2 Å². The number of aliphatic hydroxyl groups is 1. The molecule has 0 unspecified atom stereocenters. The molecule has 2 aromatic rings. The maximum absolute atomic E-state index is 9.01. The summed E-state index contributed by atoms with van der Waals surface area (Å²) in [6.07, 6.45) is 0.557. The Labute approximate surface area is 112 Å². The zero-order valence-corrected chi connectivity index (χ0v) is 10.5. The van der Waals surface area contributed by atoms with E-state index in [1.807, 2.05) is 24.3 Å². The Morgan fingerprint density at radius 2 is 1.79 bits per heavy atom. The minimum Gasteiger partial charge on any atom is -0.457 e. The lowest BCUT2D eigenvalue weighted by Gasteiger charge is -2.10. The lowest BCUT2D eigenvalue weighted by Crippen LogP contribution is -2.10. The molecule has 0 saturated carbocycles. The highest BCUT2D eigenvalue weighted by molar-refractivity contribution is 5.94. The molecule has 0 bridgehead atoms.